The molecule has 1 heterocycles. The molecule has 10 nitrogen and oxygen atoms in total. The van der Waals surface area contributed by atoms with Gasteiger partial charge >= 0.3 is 5.97 Å². The van der Waals surface area contributed by atoms with E-state index in [1.165, 1.54) is 0 Å². The molecular formula is C32H43N5O5. The molecule has 0 fully saturated rings. The fourth-order valence-corrected chi connectivity index (χ4v) is 4.89. The van der Waals surface area contributed by atoms with E-state index in [-0.39, 0.29) is 18.8 Å². The third-order valence-electron chi connectivity index (χ3n) is 7.17. The number of nitrogens with one attached hydrogen (secondary N) is 4. The van der Waals surface area contributed by atoms with Gasteiger partial charge in [0.1, 0.15) is 18.1 Å². The zero-order valence-electron chi connectivity index (χ0n) is 24.6. The summed E-state index contributed by atoms with van der Waals surface area (Å²) in [7, 11) is 0. The highest BCUT2D eigenvalue weighted by molar-refractivity contribution is 5.95. The third kappa shape index (κ3) is 9.44. The second kappa shape index (κ2) is 15.7. The Morgan fingerprint density at radius 3 is 2.12 bits per heavy atom. The molecule has 0 aliphatic carbocycles. The number of unbranched alkanes of at least 4 members (excludes halogenated alkanes) is 1. The Balaban J connectivity index is 1.84. The van der Waals surface area contributed by atoms with Crippen molar-refractivity contribution in [1.29, 1.82) is 0 Å². The number of carbonyl (C=O) groups excluding carboxylic acids is 3. The molecule has 0 unspecified atom stereocenters. The fraction of sp³-hybridized carbons (Fsp3) is 0.438. The van der Waals surface area contributed by atoms with Crippen molar-refractivity contribution in [2.75, 3.05) is 0 Å². The first kappa shape index (κ1) is 32.3. The van der Waals surface area contributed by atoms with Crippen LogP contribution < -0.4 is 21.7 Å². The monoisotopic (exact) mass is 577 g/mol. The molecule has 4 atom stereocenters. The van der Waals surface area contributed by atoms with Crippen molar-refractivity contribution in [2.45, 2.75) is 83.5 Å². The summed E-state index contributed by atoms with van der Waals surface area (Å²) in [6.45, 7) is 5.91. The maximum atomic E-state index is 13.6. The van der Waals surface area contributed by atoms with Crippen molar-refractivity contribution < 1.29 is 24.3 Å². The van der Waals surface area contributed by atoms with Gasteiger partial charge in [0.05, 0.1) is 6.04 Å². The first-order valence-corrected chi connectivity index (χ1v) is 14.6. The number of aromatic nitrogens is 1. The number of amides is 3. The molecule has 226 valence electrons. The predicted molar refractivity (Wildman–Crippen MR) is 163 cm³/mol. The molecule has 0 radical (unpaired) electrons. The van der Waals surface area contributed by atoms with Gasteiger partial charge in [-0.1, -0.05) is 82.1 Å². The van der Waals surface area contributed by atoms with E-state index in [1.807, 2.05) is 51.1 Å². The van der Waals surface area contributed by atoms with Gasteiger partial charge in [-0.3, -0.25) is 14.4 Å². The number of fused-ring (bicyclic) bond motifs is 1. The number of hydrogen-bond acceptors (Lipinski definition) is 5. The standard InChI is InChI=1S/C32H43N5O5/c1-4-5-14-26(35-29(38)24(33)16-20(2)3)30(39)36-27(18-22-19-34-25-15-10-9-13-23(22)25)31(40)37-28(32(41)42)17-21-11-7-6-8-12-21/h6-13,15,19-20,24,26-28,34H,4-5,14,16-18,33H2,1-3H3,(H,35,38)(H,36,39)(H,37,40)(H,41,42)/t24-,26+,27-,28+/m1/s1. The number of para-hydroxylation sites is 1. The molecule has 0 aliphatic heterocycles. The summed E-state index contributed by atoms with van der Waals surface area (Å²) in [4.78, 5) is 55.3. The molecule has 3 aromatic rings. The minimum atomic E-state index is -1.20. The van der Waals surface area contributed by atoms with Crippen LogP contribution in [0.5, 0.6) is 0 Å². The van der Waals surface area contributed by atoms with Crippen molar-refractivity contribution >= 4 is 34.6 Å². The van der Waals surface area contributed by atoms with Gasteiger partial charge < -0.3 is 31.8 Å². The van der Waals surface area contributed by atoms with Crippen LogP contribution in [-0.2, 0) is 32.0 Å². The molecule has 0 saturated carbocycles. The number of carboxylic acids is 1. The number of aromatic amines is 1. The molecule has 0 bridgehead atoms. The van der Waals surface area contributed by atoms with Gasteiger partial charge in [-0.15, -0.1) is 0 Å². The summed E-state index contributed by atoms with van der Waals surface area (Å²) < 4.78 is 0. The smallest absolute Gasteiger partial charge is 0.326 e. The Hall–Kier alpha value is -4.18. The van der Waals surface area contributed by atoms with Crippen LogP contribution >= 0.6 is 0 Å². The molecule has 7 N–H and O–H groups in total. The van der Waals surface area contributed by atoms with E-state index < -0.39 is 47.9 Å². The van der Waals surface area contributed by atoms with E-state index in [0.29, 0.717) is 19.3 Å². The highest BCUT2D eigenvalue weighted by Crippen LogP contribution is 2.19. The van der Waals surface area contributed by atoms with Gasteiger partial charge in [-0.25, -0.2) is 4.79 Å². The molecule has 10 heteroatoms. The van der Waals surface area contributed by atoms with Gasteiger partial charge in [0.15, 0.2) is 0 Å². The lowest BCUT2D eigenvalue weighted by Crippen LogP contribution is -2.57. The quantitative estimate of drug-likeness (QED) is 0.153. The number of nitrogens with two attached hydrogens (primary N) is 1. The zero-order chi connectivity index (χ0) is 30.6. The normalized spacial score (nSPS) is 14.1. The van der Waals surface area contributed by atoms with Crippen LogP contribution in [0.1, 0.15) is 57.6 Å². The van der Waals surface area contributed by atoms with Gasteiger partial charge in [-0.2, -0.15) is 0 Å². The second-order valence-electron chi connectivity index (χ2n) is 11.2. The first-order valence-electron chi connectivity index (χ1n) is 14.6. The maximum Gasteiger partial charge on any atom is 0.326 e. The van der Waals surface area contributed by atoms with E-state index in [2.05, 4.69) is 20.9 Å². The Kier molecular flexibility index (Phi) is 12.1. The lowest BCUT2D eigenvalue weighted by Gasteiger charge is -2.25. The summed E-state index contributed by atoms with van der Waals surface area (Å²) >= 11 is 0. The van der Waals surface area contributed by atoms with Gasteiger partial charge in [0.2, 0.25) is 17.7 Å². The molecule has 2 aromatic carbocycles. The summed E-state index contributed by atoms with van der Waals surface area (Å²) in [5.74, 6) is -2.56. The number of benzene rings is 2. The number of H-pyrrole nitrogens is 1. The Morgan fingerprint density at radius 2 is 1.45 bits per heavy atom. The van der Waals surface area contributed by atoms with Gasteiger partial charge in [-0.05, 0) is 36.0 Å². The summed E-state index contributed by atoms with van der Waals surface area (Å²) in [5, 5.41) is 19.0. The number of carbonyl (C=O) groups is 4. The number of rotatable bonds is 16. The van der Waals surface area contributed by atoms with E-state index in [0.717, 1.165) is 28.5 Å². The van der Waals surface area contributed by atoms with Crippen molar-refractivity contribution in [2.24, 2.45) is 11.7 Å². The van der Waals surface area contributed by atoms with Crippen LogP contribution in [-0.4, -0.2) is 57.9 Å². The first-order chi connectivity index (χ1) is 20.1. The largest absolute Gasteiger partial charge is 0.480 e. The van der Waals surface area contributed by atoms with Crippen molar-refractivity contribution in [3.8, 4) is 0 Å². The van der Waals surface area contributed by atoms with Crippen LogP contribution in [0.25, 0.3) is 10.9 Å². The summed E-state index contributed by atoms with van der Waals surface area (Å²) in [6.07, 6.45) is 4.29. The lowest BCUT2D eigenvalue weighted by atomic mass is 10.0. The molecule has 0 aliphatic rings. The second-order valence-corrected chi connectivity index (χ2v) is 11.2. The Bertz CT molecular complexity index is 1340. The fourth-order valence-electron chi connectivity index (χ4n) is 4.89. The molecule has 42 heavy (non-hydrogen) atoms. The van der Waals surface area contributed by atoms with Crippen LogP contribution in [0.15, 0.2) is 60.8 Å². The van der Waals surface area contributed by atoms with E-state index in [9.17, 15) is 24.3 Å². The predicted octanol–water partition coefficient (Wildman–Crippen LogP) is 3.06. The summed E-state index contributed by atoms with van der Waals surface area (Å²) in [5.41, 5.74) is 8.48. The van der Waals surface area contributed by atoms with Gasteiger partial charge in [0, 0.05) is 29.9 Å². The molecular weight excluding hydrogens is 534 g/mol. The molecule has 3 amide bonds. The number of hydrogen-bond donors (Lipinski definition) is 6. The minimum Gasteiger partial charge on any atom is -0.480 e. The van der Waals surface area contributed by atoms with Crippen molar-refractivity contribution in [1.82, 2.24) is 20.9 Å². The maximum absolute atomic E-state index is 13.6. The van der Waals surface area contributed by atoms with E-state index in [4.69, 9.17) is 5.73 Å². The molecule has 1 aromatic heterocycles. The topological polar surface area (TPSA) is 166 Å². The average Bonchev–Trinajstić information content (AvgIpc) is 3.37. The Labute approximate surface area is 246 Å². The Morgan fingerprint density at radius 1 is 0.833 bits per heavy atom. The third-order valence-corrected chi connectivity index (χ3v) is 7.17. The SMILES string of the molecule is CCCC[C@H](NC(=O)[C@H](N)CC(C)C)C(=O)N[C@H](Cc1c[nH]c2ccccc12)C(=O)N[C@@H](Cc1ccccc1)C(=O)O. The molecule has 3 rings (SSSR count). The lowest BCUT2D eigenvalue weighted by molar-refractivity contribution is -0.142. The van der Waals surface area contributed by atoms with Crippen molar-refractivity contribution in [3.05, 3.63) is 71.9 Å². The van der Waals surface area contributed by atoms with Crippen LogP contribution in [0.4, 0.5) is 0 Å². The van der Waals surface area contributed by atoms with Gasteiger partial charge in [0.25, 0.3) is 0 Å². The zero-order valence-corrected chi connectivity index (χ0v) is 24.6. The average molecular weight is 578 g/mol. The number of aliphatic carboxylic acids is 1. The van der Waals surface area contributed by atoms with Crippen LogP contribution in [0.3, 0.4) is 0 Å². The summed E-state index contributed by atoms with van der Waals surface area (Å²) in [6, 6.07) is 12.6. The van der Waals surface area contributed by atoms with E-state index >= 15 is 0 Å². The minimum absolute atomic E-state index is 0.0819. The molecule has 0 spiro atoms. The van der Waals surface area contributed by atoms with E-state index in [1.54, 1.807) is 30.5 Å². The van der Waals surface area contributed by atoms with Crippen LogP contribution in [0, 0.1) is 5.92 Å². The highest BCUT2D eigenvalue weighted by Gasteiger charge is 2.31. The number of carboxylic acid groups (broad SMARTS) is 1. The molecule has 0 saturated heterocycles. The highest BCUT2D eigenvalue weighted by atomic mass is 16.4. The van der Waals surface area contributed by atoms with Crippen molar-refractivity contribution in [3.63, 3.8) is 0 Å². The van der Waals surface area contributed by atoms with Crippen LogP contribution in [0.2, 0.25) is 0 Å².